The molecule has 5 rings (SSSR count). The molecule has 1 N–H and O–H groups in total. The van der Waals surface area contributed by atoms with Crippen LogP contribution >= 0.6 is 0 Å². The summed E-state index contributed by atoms with van der Waals surface area (Å²) in [5.74, 6) is 0.187. The Morgan fingerprint density at radius 3 is 2.08 bits per heavy atom. The molecule has 124 valence electrons. The van der Waals surface area contributed by atoms with Gasteiger partial charge < -0.3 is 9.67 Å². The van der Waals surface area contributed by atoms with Crippen LogP contribution in [-0.2, 0) is 0 Å². The Balaban J connectivity index is 1.81. The fourth-order valence-corrected chi connectivity index (χ4v) is 3.61. The van der Waals surface area contributed by atoms with Crippen LogP contribution in [0.3, 0.4) is 0 Å². The van der Waals surface area contributed by atoms with Crippen molar-refractivity contribution in [2.45, 2.75) is 0 Å². The van der Waals surface area contributed by atoms with E-state index < -0.39 is 0 Å². The molecule has 2 heterocycles. The highest BCUT2D eigenvalue weighted by Crippen LogP contribution is 2.33. The van der Waals surface area contributed by atoms with E-state index in [1.807, 2.05) is 12.1 Å². The summed E-state index contributed by atoms with van der Waals surface area (Å²) in [5, 5.41) is 12.6. The monoisotopic (exact) mass is 336 g/mol. The molecule has 0 atom stereocenters. The predicted molar refractivity (Wildman–Crippen MR) is 106 cm³/mol. The number of para-hydroxylation sites is 2. The summed E-state index contributed by atoms with van der Waals surface area (Å²) in [5.41, 5.74) is 4.86. The molecular formula is C23H16N2O. The summed E-state index contributed by atoms with van der Waals surface area (Å²) >= 11 is 0. The molecule has 0 spiro atoms. The van der Waals surface area contributed by atoms with Crippen LogP contribution in [0.1, 0.15) is 0 Å². The molecule has 0 fully saturated rings. The minimum Gasteiger partial charge on any atom is -0.506 e. The van der Waals surface area contributed by atoms with Gasteiger partial charge in [0.1, 0.15) is 11.4 Å². The molecule has 3 heteroatoms. The maximum atomic E-state index is 10.2. The SMILES string of the molecule is Oc1cccnc1-c1cccc(-n2c3ccccc3c3ccccc32)c1. The first-order chi connectivity index (χ1) is 12.8. The first-order valence-corrected chi connectivity index (χ1v) is 8.56. The topological polar surface area (TPSA) is 38.1 Å². The molecule has 0 aliphatic rings. The van der Waals surface area contributed by atoms with Crippen LogP contribution < -0.4 is 0 Å². The molecule has 3 nitrogen and oxygen atoms in total. The number of aromatic hydroxyl groups is 1. The molecule has 0 radical (unpaired) electrons. The second kappa shape index (κ2) is 5.74. The number of hydrogen-bond donors (Lipinski definition) is 1. The summed E-state index contributed by atoms with van der Waals surface area (Å²) in [6.45, 7) is 0. The van der Waals surface area contributed by atoms with Gasteiger partial charge in [0.05, 0.1) is 11.0 Å². The lowest BCUT2D eigenvalue weighted by Crippen LogP contribution is -1.94. The zero-order valence-corrected chi connectivity index (χ0v) is 14.0. The Labute approximate surface area is 150 Å². The van der Waals surface area contributed by atoms with Crippen LogP contribution in [0.2, 0.25) is 0 Å². The average molecular weight is 336 g/mol. The number of aromatic nitrogens is 2. The van der Waals surface area contributed by atoms with Gasteiger partial charge in [-0.15, -0.1) is 0 Å². The van der Waals surface area contributed by atoms with E-state index in [1.54, 1.807) is 18.3 Å². The molecular weight excluding hydrogens is 320 g/mol. The highest BCUT2D eigenvalue weighted by molar-refractivity contribution is 6.09. The molecule has 2 aromatic heterocycles. The van der Waals surface area contributed by atoms with Gasteiger partial charge in [0.15, 0.2) is 0 Å². The number of hydrogen-bond acceptors (Lipinski definition) is 2. The Hall–Kier alpha value is -3.59. The molecule has 5 aromatic rings. The van der Waals surface area contributed by atoms with Crippen molar-refractivity contribution in [1.82, 2.24) is 9.55 Å². The lowest BCUT2D eigenvalue weighted by molar-refractivity contribution is 0.475. The molecule has 0 unspecified atom stereocenters. The summed E-state index contributed by atoms with van der Waals surface area (Å²) in [7, 11) is 0. The minimum absolute atomic E-state index is 0.187. The second-order valence-electron chi connectivity index (χ2n) is 6.29. The van der Waals surface area contributed by atoms with E-state index in [1.165, 1.54) is 10.8 Å². The first kappa shape index (κ1) is 14.7. The number of pyridine rings is 1. The highest BCUT2D eigenvalue weighted by Gasteiger charge is 2.12. The van der Waals surface area contributed by atoms with Gasteiger partial charge in [0.2, 0.25) is 0 Å². The van der Waals surface area contributed by atoms with Gasteiger partial charge in [-0.3, -0.25) is 4.98 Å². The van der Waals surface area contributed by atoms with Gasteiger partial charge in [-0.1, -0.05) is 48.5 Å². The van der Waals surface area contributed by atoms with Crippen molar-refractivity contribution in [1.29, 1.82) is 0 Å². The fourth-order valence-electron chi connectivity index (χ4n) is 3.61. The van der Waals surface area contributed by atoms with E-state index in [2.05, 4.69) is 70.2 Å². The van der Waals surface area contributed by atoms with E-state index >= 15 is 0 Å². The maximum Gasteiger partial charge on any atom is 0.141 e. The Kier molecular flexibility index (Phi) is 3.25. The average Bonchev–Trinajstić information content (AvgIpc) is 3.03. The molecule has 0 aliphatic heterocycles. The molecule has 0 aliphatic carbocycles. The fraction of sp³-hybridized carbons (Fsp3) is 0. The molecule has 0 amide bonds. The van der Waals surface area contributed by atoms with Crippen LogP contribution in [0.25, 0.3) is 38.8 Å². The van der Waals surface area contributed by atoms with Gasteiger partial charge in [-0.05, 0) is 36.4 Å². The van der Waals surface area contributed by atoms with Crippen LogP contribution in [0.15, 0.2) is 91.1 Å². The third-order valence-electron chi connectivity index (χ3n) is 4.74. The standard InChI is InChI=1S/C23H16N2O/c26-22-13-6-14-24-23(22)16-7-5-8-17(15-16)25-20-11-3-1-9-18(20)19-10-2-4-12-21(19)25/h1-15,26H. The van der Waals surface area contributed by atoms with Crippen LogP contribution in [-0.4, -0.2) is 14.7 Å². The first-order valence-electron chi connectivity index (χ1n) is 8.56. The van der Waals surface area contributed by atoms with Crippen LogP contribution in [0.5, 0.6) is 5.75 Å². The second-order valence-corrected chi connectivity index (χ2v) is 6.29. The van der Waals surface area contributed by atoms with E-state index in [9.17, 15) is 5.11 Å². The van der Waals surface area contributed by atoms with Gasteiger partial charge >= 0.3 is 0 Å². The summed E-state index contributed by atoms with van der Waals surface area (Å²) < 4.78 is 2.26. The van der Waals surface area contributed by atoms with Crippen LogP contribution in [0, 0.1) is 0 Å². The van der Waals surface area contributed by atoms with Crippen molar-refractivity contribution in [2.75, 3.05) is 0 Å². The van der Waals surface area contributed by atoms with Gasteiger partial charge in [0, 0.05) is 28.2 Å². The Morgan fingerprint density at radius 1 is 0.692 bits per heavy atom. The smallest absolute Gasteiger partial charge is 0.141 e. The van der Waals surface area contributed by atoms with Crippen molar-refractivity contribution >= 4 is 21.8 Å². The normalized spacial score (nSPS) is 11.2. The van der Waals surface area contributed by atoms with Crippen LogP contribution in [0.4, 0.5) is 0 Å². The number of fused-ring (bicyclic) bond motifs is 3. The Bertz CT molecular complexity index is 1200. The zero-order chi connectivity index (χ0) is 17.5. The van der Waals surface area contributed by atoms with Crippen molar-refractivity contribution in [2.24, 2.45) is 0 Å². The van der Waals surface area contributed by atoms with Crippen molar-refractivity contribution in [3.8, 4) is 22.7 Å². The predicted octanol–water partition coefficient (Wildman–Crippen LogP) is 5.55. The lowest BCUT2D eigenvalue weighted by Gasteiger charge is -2.10. The van der Waals surface area contributed by atoms with Crippen molar-refractivity contribution in [3.63, 3.8) is 0 Å². The van der Waals surface area contributed by atoms with E-state index in [-0.39, 0.29) is 5.75 Å². The quantitative estimate of drug-likeness (QED) is 0.459. The number of benzene rings is 3. The maximum absolute atomic E-state index is 10.2. The zero-order valence-electron chi connectivity index (χ0n) is 14.0. The summed E-state index contributed by atoms with van der Waals surface area (Å²) in [6, 6.07) is 28.4. The molecule has 0 saturated heterocycles. The number of rotatable bonds is 2. The lowest BCUT2D eigenvalue weighted by atomic mass is 10.1. The molecule has 3 aromatic carbocycles. The van der Waals surface area contributed by atoms with Crippen molar-refractivity contribution in [3.05, 3.63) is 91.1 Å². The third kappa shape index (κ3) is 2.18. The minimum atomic E-state index is 0.187. The van der Waals surface area contributed by atoms with Crippen molar-refractivity contribution < 1.29 is 5.11 Å². The third-order valence-corrected chi connectivity index (χ3v) is 4.74. The summed E-state index contributed by atoms with van der Waals surface area (Å²) in [6.07, 6.45) is 1.70. The van der Waals surface area contributed by atoms with Gasteiger partial charge in [-0.25, -0.2) is 0 Å². The highest BCUT2D eigenvalue weighted by atomic mass is 16.3. The molecule has 0 bridgehead atoms. The van der Waals surface area contributed by atoms with E-state index in [0.29, 0.717) is 5.69 Å². The van der Waals surface area contributed by atoms with Gasteiger partial charge in [-0.2, -0.15) is 0 Å². The molecule has 0 saturated carbocycles. The van der Waals surface area contributed by atoms with Gasteiger partial charge in [0.25, 0.3) is 0 Å². The largest absolute Gasteiger partial charge is 0.506 e. The summed E-state index contributed by atoms with van der Waals surface area (Å²) in [4.78, 5) is 4.34. The van der Waals surface area contributed by atoms with E-state index in [0.717, 1.165) is 22.3 Å². The van der Waals surface area contributed by atoms with E-state index in [4.69, 9.17) is 0 Å². The molecule has 26 heavy (non-hydrogen) atoms. The number of nitrogens with zero attached hydrogens (tertiary/aromatic N) is 2. The Morgan fingerprint density at radius 2 is 1.38 bits per heavy atom.